The summed E-state index contributed by atoms with van der Waals surface area (Å²) in [7, 11) is 0. The largest absolute Gasteiger partial charge is 0.370 e. The van der Waals surface area contributed by atoms with Crippen LogP contribution < -0.4 is 10.2 Å². The van der Waals surface area contributed by atoms with Crippen LogP contribution in [0.1, 0.15) is 17.5 Å². The minimum atomic E-state index is 0.470. The van der Waals surface area contributed by atoms with Crippen molar-refractivity contribution >= 4 is 5.69 Å². The molecule has 7 rings (SSSR count). The molecule has 0 amide bonds. The quantitative estimate of drug-likeness (QED) is 0.462. The van der Waals surface area contributed by atoms with Gasteiger partial charge in [-0.2, -0.15) is 5.26 Å². The van der Waals surface area contributed by atoms with Crippen molar-refractivity contribution < 1.29 is 0 Å². The fraction of sp³-hybridized carbons (Fsp3) is 0.269. The molecule has 7 nitrogen and oxygen atoms in total. The molecule has 1 spiro atoms. The third-order valence-electron chi connectivity index (χ3n) is 7.43. The molecule has 0 bridgehead atoms. The van der Waals surface area contributed by atoms with Gasteiger partial charge in [-0.05, 0) is 60.5 Å². The summed E-state index contributed by atoms with van der Waals surface area (Å²) in [5, 5.41) is 21.3. The van der Waals surface area contributed by atoms with Crippen LogP contribution >= 0.6 is 0 Å². The van der Waals surface area contributed by atoms with E-state index in [9.17, 15) is 0 Å². The highest BCUT2D eigenvalue weighted by Gasteiger charge is 2.45. The lowest BCUT2D eigenvalue weighted by Crippen LogP contribution is -2.57. The van der Waals surface area contributed by atoms with Crippen LogP contribution in [0.15, 0.2) is 61.1 Å². The third-order valence-corrected chi connectivity index (χ3v) is 7.43. The Bertz CT molecular complexity index is 1410. The van der Waals surface area contributed by atoms with Gasteiger partial charge in [0.1, 0.15) is 6.33 Å². The predicted octanol–water partition coefficient (Wildman–Crippen LogP) is 3.44. The van der Waals surface area contributed by atoms with Gasteiger partial charge in [0.05, 0.1) is 23.0 Å². The summed E-state index contributed by atoms with van der Waals surface area (Å²) in [6.45, 7) is 5.33. The first-order valence-electron chi connectivity index (χ1n) is 11.4. The number of anilines is 1. The van der Waals surface area contributed by atoms with Crippen molar-refractivity contribution in [3.8, 4) is 34.4 Å². The maximum atomic E-state index is 9.11. The molecule has 3 aliphatic rings. The topological polar surface area (TPSA) is 74.7 Å². The van der Waals surface area contributed by atoms with Crippen molar-refractivity contribution in [1.29, 1.82) is 5.26 Å². The van der Waals surface area contributed by atoms with Crippen LogP contribution in [0.2, 0.25) is 0 Å². The van der Waals surface area contributed by atoms with E-state index in [1.54, 1.807) is 6.33 Å². The highest BCUT2D eigenvalue weighted by Crippen LogP contribution is 2.41. The van der Waals surface area contributed by atoms with Crippen LogP contribution in [0.25, 0.3) is 28.3 Å². The second-order valence-electron chi connectivity index (χ2n) is 9.55. The second-order valence-corrected chi connectivity index (χ2v) is 9.55. The Kier molecular flexibility index (Phi) is 3.85. The Hall–Kier alpha value is -3.89. The van der Waals surface area contributed by atoms with E-state index >= 15 is 0 Å². The molecular formula is C26H23N7. The molecule has 0 atom stereocenters. The average Bonchev–Trinajstić information content (AvgIpc) is 3.57. The van der Waals surface area contributed by atoms with E-state index < -0.39 is 0 Å². The highest BCUT2D eigenvalue weighted by atomic mass is 15.3. The summed E-state index contributed by atoms with van der Waals surface area (Å²) < 4.78 is 4.36. The number of fused-ring (bicyclic) bond motifs is 5. The molecular weight excluding hydrogens is 410 g/mol. The fourth-order valence-corrected chi connectivity index (χ4v) is 5.63. The lowest BCUT2D eigenvalue weighted by Gasteiger charge is -2.49. The number of benzene rings is 2. The van der Waals surface area contributed by atoms with Gasteiger partial charge in [-0.3, -0.25) is 4.57 Å². The zero-order chi connectivity index (χ0) is 22.0. The van der Waals surface area contributed by atoms with Crippen LogP contribution in [-0.2, 0) is 6.54 Å². The van der Waals surface area contributed by atoms with Crippen LogP contribution in [0.4, 0.5) is 5.69 Å². The first-order valence-corrected chi connectivity index (χ1v) is 11.4. The van der Waals surface area contributed by atoms with Crippen LogP contribution in [-0.4, -0.2) is 45.5 Å². The first kappa shape index (κ1) is 18.7. The Labute approximate surface area is 191 Å². The summed E-state index contributed by atoms with van der Waals surface area (Å²) in [4.78, 5) is 2.50. The smallest absolute Gasteiger partial charge is 0.185 e. The lowest BCUT2D eigenvalue weighted by molar-refractivity contribution is 0.243. The van der Waals surface area contributed by atoms with Gasteiger partial charge in [0.2, 0.25) is 0 Å². The summed E-state index contributed by atoms with van der Waals surface area (Å²) in [5.41, 5.74) is 8.08. The van der Waals surface area contributed by atoms with Crippen LogP contribution in [0, 0.1) is 16.7 Å². The van der Waals surface area contributed by atoms with Gasteiger partial charge in [0, 0.05) is 49.0 Å². The summed E-state index contributed by atoms with van der Waals surface area (Å²) >= 11 is 0. The zero-order valence-corrected chi connectivity index (χ0v) is 18.2. The maximum Gasteiger partial charge on any atom is 0.185 e. The SMILES string of the molecule is N#Cc1ccc(-c2cc3n(c2)Cc2cc(N4CC5(CCNC5)C4)ccc2-n2cnnc2-3)cc1. The molecule has 5 heterocycles. The van der Waals surface area contributed by atoms with E-state index in [1.807, 2.05) is 24.3 Å². The molecule has 2 saturated heterocycles. The van der Waals surface area contributed by atoms with Gasteiger partial charge in [0.15, 0.2) is 5.82 Å². The van der Waals surface area contributed by atoms with Crippen molar-refractivity contribution in [3.63, 3.8) is 0 Å². The molecule has 2 fully saturated rings. The van der Waals surface area contributed by atoms with E-state index in [0.717, 1.165) is 61.1 Å². The van der Waals surface area contributed by atoms with E-state index in [4.69, 9.17) is 5.26 Å². The number of nitrogens with zero attached hydrogens (tertiary/aromatic N) is 6. The van der Waals surface area contributed by atoms with Crippen LogP contribution in [0.3, 0.4) is 0 Å². The molecule has 33 heavy (non-hydrogen) atoms. The van der Waals surface area contributed by atoms with Gasteiger partial charge in [-0.25, -0.2) is 0 Å². The van der Waals surface area contributed by atoms with Gasteiger partial charge < -0.3 is 14.8 Å². The predicted molar refractivity (Wildman–Crippen MR) is 126 cm³/mol. The molecule has 0 unspecified atom stereocenters. The van der Waals surface area contributed by atoms with Crippen molar-refractivity contribution in [2.24, 2.45) is 5.41 Å². The van der Waals surface area contributed by atoms with Crippen molar-refractivity contribution in [2.75, 3.05) is 31.1 Å². The summed E-state index contributed by atoms with van der Waals surface area (Å²) in [5.74, 6) is 0.848. The van der Waals surface area contributed by atoms with Gasteiger partial charge >= 0.3 is 0 Å². The Morgan fingerprint density at radius 1 is 1.03 bits per heavy atom. The van der Waals surface area contributed by atoms with E-state index in [2.05, 4.69) is 66.1 Å². The van der Waals surface area contributed by atoms with Gasteiger partial charge in [-0.15, -0.1) is 10.2 Å². The molecule has 2 aromatic carbocycles. The standard InChI is InChI=1S/C26H23N7/c27-11-18-1-3-19(4-2-18)20-10-24-25-30-29-17-33(25)23-6-5-22(9-21(23)13-31(24)12-20)32-15-26(16-32)7-8-28-14-26/h1-6,9-10,12,17,28H,7-8,13-16H2. The Morgan fingerprint density at radius 2 is 1.91 bits per heavy atom. The average molecular weight is 434 g/mol. The van der Waals surface area contributed by atoms with Crippen molar-refractivity contribution in [1.82, 2.24) is 24.6 Å². The minimum absolute atomic E-state index is 0.470. The number of hydrogen-bond donors (Lipinski definition) is 1. The van der Waals surface area contributed by atoms with E-state index in [0.29, 0.717) is 11.0 Å². The molecule has 7 heteroatoms. The van der Waals surface area contributed by atoms with Crippen molar-refractivity contribution in [2.45, 2.75) is 13.0 Å². The molecule has 162 valence electrons. The summed E-state index contributed by atoms with van der Waals surface area (Å²) in [6.07, 6.45) is 5.27. The number of nitriles is 1. The second kappa shape index (κ2) is 6.80. The fourth-order valence-electron chi connectivity index (χ4n) is 5.63. The molecule has 0 radical (unpaired) electrons. The van der Waals surface area contributed by atoms with E-state index in [1.165, 1.54) is 17.7 Å². The third kappa shape index (κ3) is 2.84. The lowest BCUT2D eigenvalue weighted by atomic mass is 9.79. The number of nitrogens with one attached hydrogen (secondary N) is 1. The molecule has 0 saturated carbocycles. The zero-order valence-electron chi connectivity index (χ0n) is 18.2. The van der Waals surface area contributed by atoms with Crippen LogP contribution in [0.5, 0.6) is 0 Å². The number of hydrogen-bond acceptors (Lipinski definition) is 5. The summed E-state index contributed by atoms with van der Waals surface area (Å²) in [6, 6.07) is 18.9. The van der Waals surface area contributed by atoms with Gasteiger partial charge in [0.25, 0.3) is 0 Å². The number of aromatic nitrogens is 4. The molecule has 4 aromatic rings. The molecule has 1 N–H and O–H groups in total. The first-order chi connectivity index (χ1) is 16.2. The van der Waals surface area contributed by atoms with Crippen molar-refractivity contribution in [3.05, 3.63) is 72.2 Å². The van der Waals surface area contributed by atoms with E-state index in [-0.39, 0.29) is 0 Å². The monoisotopic (exact) mass is 433 g/mol. The molecule has 2 aromatic heterocycles. The normalized spacial score (nSPS) is 17.6. The minimum Gasteiger partial charge on any atom is -0.370 e. The van der Waals surface area contributed by atoms with Gasteiger partial charge in [-0.1, -0.05) is 12.1 Å². The molecule has 3 aliphatic heterocycles. The number of rotatable bonds is 2. The molecule has 0 aliphatic carbocycles. The maximum absolute atomic E-state index is 9.11. The Morgan fingerprint density at radius 3 is 2.70 bits per heavy atom. The highest BCUT2D eigenvalue weighted by molar-refractivity contribution is 5.72. The Balaban J connectivity index is 1.27.